The summed E-state index contributed by atoms with van der Waals surface area (Å²) >= 11 is 3.40. The number of aromatic nitrogens is 1. The van der Waals surface area contributed by atoms with Crippen molar-refractivity contribution >= 4 is 27.5 Å². The second-order valence-corrected chi connectivity index (χ2v) is 5.95. The number of carbonyl (C=O) groups is 1. The number of hydrogen-bond donors (Lipinski definition) is 1. The number of hydrogen-bond acceptors (Lipinski definition) is 2. The Balaban J connectivity index is 2.16. The third kappa shape index (κ3) is 3.73. The van der Waals surface area contributed by atoms with Gasteiger partial charge in [-0.3, -0.25) is 4.79 Å². The molecule has 0 spiro atoms. The van der Waals surface area contributed by atoms with E-state index in [0.29, 0.717) is 17.8 Å². The first-order chi connectivity index (χ1) is 10.0. The molecule has 0 aliphatic heterocycles. The van der Waals surface area contributed by atoms with E-state index in [1.54, 1.807) is 6.07 Å². The van der Waals surface area contributed by atoms with Crippen LogP contribution in [0.15, 0.2) is 41.0 Å². The fraction of sp³-hybridized carbons (Fsp3) is 0.250. The summed E-state index contributed by atoms with van der Waals surface area (Å²) in [5, 5.41) is 11.5. The predicted octanol–water partition coefficient (Wildman–Crippen LogP) is 4.15. The molecule has 0 unspecified atom stereocenters. The monoisotopic (exact) mass is 345 g/mol. The molecule has 1 aromatic heterocycles. The van der Waals surface area contributed by atoms with Crippen LogP contribution < -0.4 is 5.32 Å². The van der Waals surface area contributed by atoms with Crippen LogP contribution in [0.25, 0.3) is 0 Å². The van der Waals surface area contributed by atoms with Crippen LogP contribution in [0.4, 0.5) is 5.69 Å². The number of amides is 1. The Hall–Kier alpha value is -2.06. The number of nitriles is 1. The standard InChI is InChI=1S/C16H16BrN3O/c1-11(2)20-10-13(17)9-15(20)16(21)19-14-5-3-12(4-6-14)7-8-18/h3-6,9-11H,7H2,1-2H3,(H,19,21). The fourth-order valence-electron chi connectivity index (χ4n) is 2.05. The quantitative estimate of drug-likeness (QED) is 0.904. The number of anilines is 1. The van der Waals surface area contributed by atoms with Crippen LogP contribution in [0.3, 0.4) is 0 Å². The highest BCUT2D eigenvalue weighted by Crippen LogP contribution is 2.20. The van der Waals surface area contributed by atoms with Crippen molar-refractivity contribution in [2.45, 2.75) is 26.3 Å². The zero-order chi connectivity index (χ0) is 15.4. The first-order valence-electron chi connectivity index (χ1n) is 6.66. The number of rotatable bonds is 4. The van der Waals surface area contributed by atoms with Gasteiger partial charge in [0.25, 0.3) is 5.91 Å². The van der Waals surface area contributed by atoms with Gasteiger partial charge in [-0.1, -0.05) is 12.1 Å². The molecule has 5 heteroatoms. The van der Waals surface area contributed by atoms with Crippen LogP contribution in [-0.2, 0) is 6.42 Å². The molecule has 0 saturated heterocycles. The summed E-state index contributed by atoms with van der Waals surface area (Å²) < 4.78 is 2.80. The first kappa shape index (κ1) is 15.3. The van der Waals surface area contributed by atoms with Gasteiger partial charge >= 0.3 is 0 Å². The summed E-state index contributed by atoms with van der Waals surface area (Å²) in [6.45, 7) is 4.06. The molecule has 0 aliphatic carbocycles. The predicted molar refractivity (Wildman–Crippen MR) is 86.2 cm³/mol. The molecular weight excluding hydrogens is 330 g/mol. The Kier molecular flexibility index (Phi) is 4.81. The van der Waals surface area contributed by atoms with E-state index in [-0.39, 0.29) is 11.9 Å². The van der Waals surface area contributed by atoms with E-state index < -0.39 is 0 Å². The van der Waals surface area contributed by atoms with E-state index in [1.807, 2.05) is 48.9 Å². The Morgan fingerprint density at radius 2 is 2.05 bits per heavy atom. The third-order valence-electron chi connectivity index (χ3n) is 3.10. The van der Waals surface area contributed by atoms with Crippen LogP contribution in [0.2, 0.25) is 0 Å². The lowest BCUT2D eigenvalue weighted by Gasteiger charge is -2.12. The number of nitrogens with zero attached hydrogens (tertiary/aromatic N) is 2. The number of benzene rings is 1. The van der Waals surface area contributed by atoms with Crippen molar-refractivity contribution in [1.29, 1.82) is 5.26 Å². The van der Waals surface area contributed by atoms with E-state index in [2.05, 4.69) is 27.3 Å². The SMILES string of the molecule is CC(C)n1cc(Br)cc1C(=O)Nc1ccc(CC#N)cc1. The zero-order valence-corrected chi connectivity index (χ0v) is 13.5. The van der Waals surface area contributed by atoms with Gasteiger partial charge in [-0.15, -0.1) is 0 Å². The highest BCUT2D eigenvalue weighted by atomic mass is 79.9. The molecule has 21 heavy (non-hydrogen) atoms. The molecule has 1 amide bonds. The number of halogens is 1. The Morgan fingerprint density at radius 1 is 1.38 bits per heavy atom. The topological polar surface area (TPSA) is 57.8 Å². The molecule has 1 heterocycles. The molecule has 1 aromatic carbocycles. The Morgan fingerprint density at radius 3 is 2.62 bits per heavy atom. The largest absolute Gasteiger partial charge is 0.340 e. The number of nitrogens with one attached hydrogen (secondary N) is 1. The van der Waals surface area contributed by atoms with Crippen LogP contribution in [0.1, 0.15) is 35.9 Å². The highest BCUT2D eigenvalue weighted by Gasteiger charge is 2.15. The summed E-state index contributed by atoms with van der Waals surface area (Å²) in [4.78, 5) is 12.4. The van der Waals surface area contributed by atoms with E-state index in [4.69, 9.17) is 5.26 Å². The summed E-state index contributed by atoms with van der Waals surface area (Å²) in [6.07, 6.45) is 2.27. The van der Waals surface area contributed by atoms with Gasteiger partial charge in [0.05, 0.1) is 12.5 Å². The average Bonchev–Trinajstić information content (AvgIpc) is 2.84. The van der Waals surface area contributed by atoms with Crippen molar-refractivity contribution in [3.8, 4) is 6.07 Å². The first-order valence-corrected chi connectivity index (χ1v) is 7.45. The summed E-state index contributed by atoms with van der Waals surface area (Å²) in [6, 6.07) is 11.4. The average molecular weight is 346 g/mol. The summed E-state index contributed by atoms with van der Waals surface area (Å²) in [5.41, 5.74) is 2.26. The fourth-order valence-corrected chi connectivity index (χ4v) is 2.48. The molecule has 0 aliphatic rings. The number of carbonyl (C=O) groups excluding carboxylic acids is 1. The van der Waals surface area contributed by atoms with Crippen LogP contribution in [0, 0.1) is 11.3 Å². The van der Waals surface area contributed by atoms with Gasteiger partial charge in [-0.05, 0) is 53.5 Å². The molecule has 2 aromatic rings. The van der Waals surface area contributed by atoms with Gasteiger partial charge in [0.1, 0.15) is 5.69 Å². The van der Waals surface area contributed by atoms with Crippen molar-refractivity contribution < 1.29 is 4.79 Å². The van der Waals surface area contributed by atoms with Crippen molar-refractivity contribution in [3.63, 3.8) is 0 Å². The van der Waals surface area contributed by atoms with Gasteiger partial charge in [-0.25, -0.2) is 0 Å². The molecule has 0 bridgehead atoms. The molecule has 0 fully saturated rings. The lowest BCUT2D eigenvalue weighted by atomic mass is 10.1. The van der Waals surface area contributed by atoms with Crippen molar-refractivity contribution in [3.05, 3.63) is 52.3 Å². The summed E-state index contributed by atoms with van der Waals surface area (Å²) in [5.74, 6) is -0.151. The van der Waals surface area contributed by atoms with Crippen molar-refractivity contribution in [2.75, 3.05) is 5.32 Å². The van der Waals surface area contributed by atoms with Crippen LogP contribution in [-0.4, -0.2) is 10.5 Å². The van der Waals surface area contributed by atoms with E-state index in [9.17, 15) is 4.79 Å². The minimum Gasteiger partial charge on any atom is -0.340 e. The molecule has 2 rings (SSSR count). The zero-order valence-electron chi connectivity index (χ0n) is 11.9. The lowest BCUT2D eigenvalue weighted by molar-refractivity contribution is 0.101. The van der Waals surface area contributed by atoms with Gasteiger partial charge in [0.2, 0.25) is 0 Å². The van der Waals surface area contributed by atoms with Crippen molar-refractivity contribution in [1.82, 2.24) is 4.57 Å². The maximum Gasteiger partial charge on any atom is 0.272 e. The Bertz CT molecular complexity index is 681. The third-order valence-corrected chi connectivity index (χ3v) is 3.53. The van der Waals surface area contributed by atoms with Crippen LogP contribution >= 0.6 is 15.9 Å². The molecule has 0 saturated carbocycles. The van der Waals surface area contributed by atoms with Gasteiger partial charge in [0, 0.05) is 22.4 Å². The maximum atomic E-state index is 12.4. The van der Waals surface area contributed by atoms with Crippen molar-refractivity contribution in [2.24, 2.45) is 0 Å². The smallest absolute Gasteiger partial charge is 0.272 e. The molecule has 4 nitrogen and oxygen atoms in total. The normalized spacial score (nSPS) is 10.4. The molecule has 0 atom stereocenters. The van der Waals surface area contributed by atoms with E-state index in [1.165, 1.54) is 0 Å². The molecule has 1 N–H and O–H groups in total. The van der Waals surface area contributed by atoms with Gasteiger partial charge < -0.3 is 9.88 Å². The maximum absolute atomic E-state index is 12.4. The van der Waals surface area contributed by atoms with Crippen LogP contribution in [0.5, 0.6) is 0 Å². The van der Waals surface area contributed by atoms with E-state index >= 15 is 0 Å². The summed E-state index contributed by atoms with van der Waals surface area (Å²) in [7, 11) is 0. The second kappa shape index (κ2) is 6.59. The van der Waals surface area contributed by atoms with Gasteiger partial charge in [0.15, 0.2) is 0 Å². The minimum absolute atomic E-state index is 0.151. The minimum atomic E-state index is -0.151. The highest BCUT2D eigenvalue weighted by molar-refractivity contribution is 9.10. The van der Waals surface area contributed by atoms with E-state index in [0.717, 1.165) is 10.0 Å². The molecule has 108 valence electrons. The molecule has 0 radical (unpaired) electrons. The lowest BCUT2D eigenvalue weighted by Crippen LogP contribution is -2.17. The second-order valence-electron chi connectivity index (χ2n) is 5.03. The Labute approximate surface area is 132 Å². The van der Waals surface area contributed by atoms with Gasteiger partial charge in [-0.2, -0.15) is 5.26 Å². The molecular formula is C16H16BrN3O.